The van der Waals surface area contributed by atoms with Gasteiger partial charge in [0.05, 0.1) is 12.7 Å². The number of aromatic nitrogens is 2. The fourth-order valence-electron chi connectivity index (χ4n) is 3.11. The Morgan fingerprint density at radius 2 is 1.96 bits per heavy atom. The molecule has 5 nitrogen and oxygen atoms in total. The molecule has 0 fully saturated rings. The van der Waals surface area contributed by atoms with Crippen molar-refractivity contribution in [2.75, 3.05) is 6.54 Å². The zero-order valence-corrected chi connectivity index (χ0v) is 15.4. The SMILES string of the molecule is Cl.N[C@@H](CC(=O)N1CCn2c(C(F)(F)F)cnc2C1)Cc1cc(F)ccc1F. The van der Waals surface area contributed by atoms with Gasteiger partial charge in [0.1, 0.15) is 23.2 Å². The summed E-state index contributed by atoms with van der Waals surface area (Å²) in [7, 11) is 0. The molecule has 1 aromatic heterocycles. The lowest BCUT2D eigenvalue weighted by Crippen LogP contribution is -2.42. The first kappa shape index (κ1) is 22.1. The molecule has 1 atom stereocenters. The van der Waals surface area contributed by atoms with E-state index in [1.807, 2.05) is 0 Å². The van der Waals surface area contributed by atoms with E-state index in [4.69, 9.17) is 5.73 Å². The minimum absolute atomic E-state index is 0. The molecule has 28 heavy (non-hydrogen) atoms. The second-order valence-corrected chi connectivity index (χ2v) is 6.43. The molecular weight excluding hydrogens is 407 g/mol. The van der Waals surface area contributed by atoms with Gasteiger partial charge in [-0.25, -0.2) is 13.8 Å². The summed E-state index contributed by atoms with van der Waals surface area (Å²) in [4.78, 5) is 17.5. The van der Waals surface area contributed by atoms with Crippen LogP contribution in [0.3, 0.4) is 0 Å². The third kappa shape index (κ3) is 4.79. The standard InChI is InChI=1S/C17H17F5N4O.ClH/c18-11-1-2-13(19)10(5-11)6-12(23)7-16(27)25-3-4-26-14(17(20,21)22)8-24-15(26)9-25;/h1-2,5,8,12H,3-4,6-7,9,23H2;1H/t12-;/m1./s1. The van der Waals surface area contributed by atoms with Crippen molar-refractivity contribution in [1.29, 1.82) is 0 Å². The quantitative estimate of drug-likeness (QED) is 0.768. The van der Waals surface area contributed by atoms with Crippen LogP contribution in [0.2, 0.25) is 0 Å². The number of benzene rings is 1. The highest BCUT2D eigenvalue weighted by Crippen LogP contribution is 2.31. The summed E-state index contributed by atoms with van der Waals surface area (Å²) in [6, 6.07) is 2.25. The summed E-state index contributed by atoms with van der Waals surface area (Å²) in [5.41, 5.74) is 5.11. The molecule has 0 radical (unpaired) electrons. The summed E-state index contributed by atoms with van der Waals surface area (Å²) < 4.78 is 66.6. The van der Waals surface area contributed by atoms with Crippen LogP contribution in [-0.4, -0.2) is 32.9 Å². The molecule has 1 amide bonds. The van der Waals surface area contributed by atoms with Crippen LogP contribution in [0, 0.1) is 11.6 Å². The molecule has 0 unspecified atom stereocenters. The Hall–Kier alpha value is -2.20. The number of nitrogens with two attached hydrogens (primary N) is 1. The number of carbonyl (C=O) groups is 1. The van der Waals surface area contributed by atoms with Crippen molar-refractivity contribution >= 4 is 18.3 Å². The smallest absolute Gasteiger partial charge is 0.333 e. The maximum atomic E-state index is 13.7. The van der Waals surface area contributed by atoms with Crippen molar-refractivity contribution in [2.24, 2.45) is 5.73 Å². The zero-order chi connectivity index (χ0) is 19.8. The number of fused-ring (bicyclic) bond motifs is 1. The van der Waals surface area contributed by atoms with Crippen LogP contribution in [0.4, 0.5) is 22.0 Å². The average Bonchev–Trinajstić information content (AvgIpc) is 3.01. The number of hydrogen-bond acceptors (Lipinski definition) is 3. The van der Waals surface area contributed by atoms with E-state index in [-0.39, 0.29) is 62.2 Å². The number of hydrogen-bond donors (Lipinski definition) is 1. The molecule has 2 aromatic rings. The molecule has 0 spiro atoms. The number of halogens is 6. The number of amides is 1. The number of nitrogens with zero attached hydrogens (tertiary/aromatic N) is 3. The Morgan fingerprint density at radius 1 is 1.25 bits per heavy atom. The molecule has 1 aliphatic rings. The molecular formula is C17H18ClF5N4O. The normalized spacial score (nSPS) is 15.0. The first-order valence-corrected chi connectivity index (χ1v) is 8.24. The van der Waals surface area contributed by atoms with Gasteiger partial charge in [0.2, 0.25) is 5.91 Å². The summed E-state index contributed by atoms with van der Waals surface area (Å²) in [5, 5.41) is 0. The first-order chi connectivity index (χ1) is 12.6. The van der Waals surface area contributed by atoms with E-state index in [0.29, 0.717) is 0 Å². The largest absolute Gasteiger partial charge is 0.433 e. The van der Waals surface area contributed by atoms with Crippen molar-refractivity contribution < 1.29 is 26.7 Å². The fraction of sp³-hybridized carbons (Fsp3) is 0.412. The van der Waals surface area contributed by atoms with Crippen LogP contribution >= 0.6 is 12.4 Å². The van der Waals surface area contributed by atoms with Crippen molar-refractivity contribution in [3.63, 3.8) is 0 Å². The first-order valence-electron chi connectivity index (χ1n) is 8.24. The Labute approximate surface area is 163 Å². The van der Waals surface area contributed by atoms with Gasteiger partial charge in [0.25, 0.3) is 0 Å². The molecule has 1 aliphatic heterocycles. The second kappa shape index (κ2) is 8.44. The lowest BCUT2D eigenvalue weighted by atomic mass is 10.0. The van der Waals surface area contributed by atoms with Gasteiger partial charge in [-0.3, -0.25) is 4.79 Å². The third-order valence-electron chi connectivity index (χ3n) is 4.43. The molecule has 0 saturated carbocycles. The Morgan fingerprint density at radius 3 is 2.64 bits per heavy atom. The van der Waals surface area contributed by atoms with Crippen LogP contribution < -0.4 is 5.73 Å². The van der Waals surface area contributed by atoms with Crippen LogP contribution in [0.25, 0.3) is 0 Å². The highest BCUT2D eigenvalue weighted by atomic mass is 35.5. The summed E-state index contributed by atoms with van der Waals surface area (Å²) in [6.07, 6.45) is -3.92. The van der Waals surface area contributed by atoms with Crippen LogP contribution in [0.1, 0.15) is 23.5 Å². The molecule has 0 bridgehead atoms. The number of rotatable bonds is 4. The Kier molecular flexibility index (Phi) is 6.66. The minimum Gasteiger partial charge on any atom is -0.333 e. The van der Waals surface area contributed by atoms with Crippen molar-refractivity contribution in [1.82, 2.24) is 14.5 Å². The van der Waals surface area contributed by atoms with Crippen molar-refractivity contribution in [2.45, 2.75) is 38.1 Å². The average molecular weight is 425 g/mol. The van der Waals surface area contributed by atoms with E-state index in [1.165, 1.54) is 4.90 Å². The van der Waals surface area contributed by atoms with E-state index < -0.39 is 29.5 Å². The summed E-state index contributed by atoms with van der Waals surface area (Å²) >= 11 is 0. The van der Waals surface area contributed by atoms with E-state index in [9.17, 15) is 26.7 Å². The van der Waals surface area contributed by atoms with E-state index in [0.717, 1.165) is 29.0 Å². The maximum Gasteiger partial charge on any atom is 0.433 e. The van der Waals surface area contributed by atoms with Gasteiger partial charge in [0, 0.05) is 25.6 Å². The molecule has 11 heteroatoms. The lowest BCUT2D eigenvalue weighted by Gasteiger charge is -2.29. The van der Waals surface area contributed by atoms with Crippen LogP contribution in [0.5, 0.6) is 0 Å². The number of imidazole rings is 1. The van der Waals surface area contributed by atoms with Gasteiger partial charge >= 0.3 is 6.18 Å². The molecule has 2 heterocycles. The lowest BCUT2D eigenvalue weighted by molar-refractivity contribution is -0.144. The van der Waals surface area contributed by atoms with Crippen molar-refractivity contribution in [3.05, 3.63) is 53.1 Å². The van der Waals surface area contributed by atoms with Gasteiger partial charge in [-0.2, -0.15) is 13.2 Å². The Bertz CT molecular complexity index is 855. The predicted molar refractivity (Wildman–Crippen MR) is 92.5 cm³/mol. The van der Waals surface area contributed by atoms with E-state index >= 15 is 0 Å². The van der Waals surface area contributed by atoms with E-state index in [2.05, 4.69) is 4.98 Å². The fourth-order valence-corrected chi connectivity index (χ4v) is 3.11. The summed E-state index contributed by atoms with van der Waals surface area (Å²) in [6.45, 7) is 0.00591. The third-order valence-corrected chi connectivity index (χ3v) is 4.43. The van der Waals surface area contributed by atoms with Gasteiger partial charge in [-0.15, -0.1) is 12.4 Å². The highest BCUT2D eigenvalue weighted by molar-refractivity contribution is 5.85. The highest BCUT2D eigenvalue weighted by Gasteiger charge is 2.37. The summed E-state index contributed by atoms with van der Waals surface area (Å²) in [5.74, 6) is -1.44. The predicted octanol–water partition coefficient (Wildman–Crippen LogP) is 2.90. The van der Waals surface area contributed by atoms with Crippen LogP contribution in [-0.2, 0) is 30.5 Å². The molecule has 3 rings (SSSR count). The monoisotopic (exact) mass is 424 g/mol. The Balaban J connectivity index is 0.00000280. The van der Waals surface area contributed by atoms with Crippen molar-refractivity contribution in [3.8, 4) is 0 Å². The topological polar surface area (TPSA) is 64.2 Å². The van der Waals surface area contributed by atoms with Crippen LogP contribution in [0.15, 0.2) is 24.4 Å². The van der Waals surface area contributed by atoms with Gasteiger partial charge < -0.3 is 15.2 Å². The molecule has 154 valence electrons. The zero-order valence-electron chi connectivity index (χ0n) is 14.5. The van der Waals surface area contributed by atoms with Gasteiger partial charge in [-0.05, 0) is 30.2 Å². The second-order valence-electron chi connectivity index (χ2n) is 6.43. The molecule has 1 aromatic carbocycles. The number of alkyl halides is 3. The van der Waals surface area contributed by atoms with Gasteiger partial charge in [-0.1, -0.05) is 0 Å². The number of carbonyl (C=O) groups excluding carboxylic acids is 1. The molecule has 0 saturated heterocycles. The molecule has 2 N–H and O–H groups in total. The molecule has 0 aliphatic carbocycles. The van der Waals surface area contributed by atoms with E-state index in [1.54, 1.807) is 0 Å². The maximum absolute atomic E-state index is 13.7. The van der Waals surface area contributed by atoms with Gasteiger partial charge in [0.15, 0.2) is 0 Å². The minimum atomic E-state index is -4.51.